The lowest BCUT2D eigenvalue weighted by Crippen LogP contribution is -2.40. The Bertz CT molecular complexity index is 960. The highest BCUT2D eigenvalue weighted by molar-refractivity contribution is 6.43. The molecule has 0 saturated carbocycles. The van der Waals surface area contributed by atoms with Gasteiger partial charge in [-0.1, -0.05) is 18.2 Å². The quantitative estimate of drug-likeness (QED) is 0.516. The van der Waals surface area contributed by atoms with Gasteiger partial charge >= 0.3 is 0 Å². The van der Waals surface area contributed by atoms with Gasteiger partial charge in [-0.15, -0.1) is 0 Å². The number of fused-ring (bicyclic) bond motifs is 1. The van der Waals surface area contributed by atoms with Crippen molar-refractivity contribution in [2.24, 2.45) is 0 Å². The Balaban J connectivity index is 2.04. The average Bonchev–Trinajstić information content (AvgIpc) is 3.07. The molecular weight excluding hydrogens is 344 g/mol. The first kappa shape index (κ1) is 18.7. The second-order valence-electron chi connectivity index (χ2n) is 6.29. The fourth-order valence-electron chi connectivity index (χ4n) is 3.03. The molecule has 0 unspecified atom stereocenters. The van der Waals surface area contributed by atoms with Gasteiger partial charge < -0.3 is 19.2 Å². The van der Waals surface area contributed by atoms with Crippen molar-refractivity contribution in [1.29, 1.82) is 0 Å². The molecule has 6 heteroatoms. The normalized spacial score (nSPS) is 12.0. The lowest BCUT2D eigenvalue weighted by Gasteiger charge is -2.13. The van der Waals surface area contributed by atoms with Gasteiger partial charge in [0.2, 0.25) is 0 Å². The van der Waals surface area contributed by atoms with Crippen LogP contribution in [0.4, 0.5) is 0 Å². The largest absolute Gasteiger partial charge is 0.497 e. The number of ether oxygens (including phenoxy) is 2. The van der Waals surface area contributed by atoms with Gasteiger partial charge in [0, 0.05) is 30.4 Å². The van der Waals surface area contributed by atoms with E-state index >= 15 is 0 Å². The van der Waals surface area contributed by atoms with Gasteiger partial charge in [-0.25, -0.2) is 0 Å². The maximum atomic E-state index is 13.0. The Morgan fingerprint density at radius 3 is 2.52 bits per heavy atom. The summed E-state index contributed by atoms with van der Waals surface area (Å²) < 4.78 is 12.0. The van der Waals surface area contributed by atoms with Crippen LogP contribution in [0.1, 0.15) is 17.4 Å². The molecule has 0 spiro atoms. The summed E-state index contributed by atoms with van der Waals surface area (Å²) in [7, 11) is 3.15. The van der Waals surface area contributed by atoms with E-state index in [4.69, 9.17) is 9.47 Å². The van der Waals surface area contributed by atoms with Crippen LogP contribution < -0.4 is 10.1 Å². The molecule has 0 saturated heterocycles. The zero-order chi connectivity index (χ0) is 19.4. The molecule has 6 nitrogen and oxygen atoms in total. The van der Waals surface area contributed by atoms with Crippen LogP contribution in [0.5, 0.6) is 5.75 Å². The summed E-state index contributed by atoms with van der Waals surface area (Å²) in [6.07, 6.45) is 1.78. The van der Waals surface area contributed by atoms with Gasteiger partial charge in [-0.05, 0) is 42.8 Å². The summed E-state index contributed by atoms with van der Waals surface area (Å²) in [6.45, 7) is 2.12. The number of carbonyl (C=O) groups excluding carboxylic acids is 2. The van der Waals surface area contributed by atoms with E-state index in [1.165, 1.54) is 0 Å². The van der Waals surface area contributed by atoms with Crippen molar-refractivity contribution in [3.8, 4) is 16.9 Å². The standard InChI is InChI=1S/C21H22N2O4/c1-14(13-26-2)22-21(25)20(24)19-18(12-16-6-4-5-11-23(16)19)15-7-9-17(27-3)10-8-15/h4-12,14H,13H2,1-3H3,(H,22,25)/t14-/m0/s1. The van der Waals surface area contributed by atoms with Crippen molar-refractivity contribution in [3.05, 3.63) is 60.4 Å². The van der Waals surface area contributed by atoms with E-state index in [1.54, 1.807) is 31.7 Å². The Kier molecular flexibility index (Phi) is 5.57. The minimum atomic E-state index is -0.654. The van der Waals surface area contributed by atoms with Crippen molar-refractivity contribution in [1.82, 2.24) is 9.72 Å². The highest BCUT2D eigenvalue weighted by Crippen LogP contribution is 2.29. The number of nitrogens with zero attached hydrogens (tertiary/aromatic N) is 1. The highest BCUT2D eigenvalue weighted by atomic mass is 16.5. The molecule has 1 N–H and O–H groups in total. The molecule has 0 aliphatic rings. The molecule has 0 fully saturated rings. The number of rotatable bonds is 7. The number of amides is 1. The van der Waals surface area contributed by atoms with Crippen LogP contribution in [0.25, 0.3) is 16.6 Å². The molecular formula is C21H22N2O4. The third-order valence-corrected chi connectivity index (χ3v) is 4.30. The highest BCUT2D eigenvalue weighted by Gasteiger charge is 2.25. The van der Waals surface area contributed by atoms with Crippen LogP contribution >= 0.6 is 0 Å². The number of aromatic nitrogens is 1. The minimum Gasteiger partial charge on any atom is -0.497 e. The summed E-state index contributed by atoms with van der Waals surface area (Å²) in [5.41, 5.74) is 2.70. The number of carbonyl (C=O) groups is 2. The van der Waals surface area contributed by atoms with Crippen LogP contribution in [-0.4, -0.2) is 43.0 Å². The van der Waals surface area contributed by atoms with Crippen LogP contribution in [0, 0.1) is 0 Å². The maximum absolute atomic E-state index is 13.0. The summed E-state index contributed by atoms with van der Waals surface area (Å²) in [4.78, 5) is 25.5. The second-order valence-corrected chi connectivity index (χ2v) is 6.29. The number of Topliss-reactive ketones (excluding diaryl/α,β-unsaturated/α-hetero) is 1. The first-order valence-electron chi connectivity index (χ1n) is 8.63. The van der Waals surface area contributed by atoms with E-state index in [9.17, 15) is 9.59 Å². The average molecular weight is 366 g/mol. The molecule has 2 heterocycles. The van der Waals surface area contributed by atoms with Gasteiger partial charge in [0.25, 0.3) is 11.7 Å². The molecule has 1 amide bonds. The summed E-state index contributed by atoms with van der Waals surface area (Å²) in [6, 6.07) is 14.7. The third-order valence-electron chi connectivity index (χ3n) is 4.30. The van der Waals surface area contributed by atoms with Gasteiger partial charge in [0.15, 0.2) is 0 Å². The smallest absolute Gasteiger partial charge is 0.294 e. The van der Waals surface area contributed by atoms with Gasteiger partial charge in [-0.2, -0.15) is 0 Å². The number of hydrogen-bond donors (Lipinski definition) is 1. The van der Waals surface area contributed by atoms with Gasteiger partial charge in [-0.3, -0.25) is 9.59 Å². The summed E-state index contributed by atoms with van der Waals surface area (Å²) in [5.74, 6) is -0.519. The maximum Gasteiger partial charge on any atom is 0.294 e. The molecule has 3 rings (SSSR count). The fourth-order valence-corrected chi connectivity index (χ4v) is 3.03. The predicted octanol–water partition coefficient (Wildman–Crippen LogP) is 2.95. The minimum absolute atomic E-state index is 0.262. The Morgan fingerprint density at radius 1 is 1.11 bits per heavy atom. The predicted molar refractivity (Wildman–Crippen MR) is 103 cm³/mol. The van der Waals surface area contributed by atoms with E-state index in [0.717, 1.165) is 16.8 Å². The first-order chi connectivity index (χ1) is 13.0. The third kappa shape index (κ3) is 3.85. The van der Waals surface area contributed by atoms with E-state index in [2.05, 4.69) is 5.32 Å². The van der Waals surface area contributed by atoms with Crippen LogP contribution in [0.2, 0.25) is 0 Å². The van der Waals surface area contributed by atoms with Gasteiger partial charge in [0.05, 0.1) is 13.7 Å². The van der Waals surface area contributed by atoms with Crippen molar-refractivity contribution >= 4 is 17.2 Å². The first-order valence-corrected chi connectivity index (χ1v) is 8.63. The topological polar surface area (TPSA) is 69.0 Å². The van der Waals surface area contributed by atoms with E-state index in [0.29, 0.717) is 17.9 Å². The monoisotopic (exact) mass is 366 g/mol. The summed E-state index contributed by atoms with van der Waals surface area (Å²) in [5, 5.41) is 2.68. The number of hydrogen-bond acceptors (Lipinski definition) is 4. The number of benzene rings is 1. The summed E-state index contributed by atoms with van der Waals surface area (Å²) >= 11 is 0. The molecule has 0 radical (unpaired) electrons. The van der Waals surface area contributed by atoms with Crippen molar-refractivity contribution in [2.75, 3.05) is 20.8 Å². The van der Waals surface area contributed by atoms with Crippen molar-refractivity contribution < 1.29 is 19.1 Å². The number of ketones is 1. The van der Waals surface area contributed by atoms with Crippen molar-refractivity contribution in [2.45, 2.75) is 13.0 Å². The molecule has 0 aliphatic heterocycles. The lowest BCUT2D eigenvalue weighted by atomic mass is 10.0. The number of nitrogens with one attached hydrogen (secondary N) is 1. The molecule has 0 aliphatic carbocycles. The van der Waals surface area contributed by atoms with Crippen molar-refractivity contribution in [3.63, 3.8) is 0 Å². The molecule has 27 heavy (non-hydrogen) atoms. The Labute approximate surface area is 157 Å². The molecule has 2 aromatic heterocycles. The van der Waals surface area contributed by atoms with Crippen LogP contribution in [-0.2, 0) is 9.53 Å². The fraction of sp³-hybridized carbons (Fsp3) is 0.238. The SMILES string of the molecule is COC[C@H](C)NC(=O)C(=O)c1c(-c2ccc(OC)cc2)cc2ccccn12. The van der Waals surface area contributed by atoms with E-state index in [1.807, 2.05) is 48.5 Å². The Hall–Kier alpha value is -3.12. The molecule has 1 atom stereocenters. The van der Waals surface area contributed by atoms with Crippen LogP contribution in [0.15, 0.2) is 54.7 Å². The second kappa shape index (κ2) is 8.05. The molecule has 3 aromatic rings. The molecule has 140 valence electrons. The Morgan fingerprint density at radius 2 is 1.85 bits per heavy atom. The zero-order valence-electron chi connectivity index (χ0n) is 15.6. The number of methoxy groups -OCH3 is 2. The van der Waals surface area contributed by atoms with E-state index in [-0.39, 0.29) is 6.04 Å². The van der Waals surface area contributed by atoms with Crippen LogP contribution in [0.3, 0.4) is 0 Å². The molecule has 1 aromatic carbocycles. The molecule has 0 bridgehead atoms. The van der Waals surface area contributed by atoms with Gasteiger partial charge in [0.1, 0.15) is 11.4 Å². The number of pyridine rings is 1. The van der Waals surface area contributed by atoms with E-state index < -0.39 is 11.7 Å². The zero-order valence-corrected chi connectivity index (χ0v) is 15.6. The lowest BCUT2D eigenvalue weighted by molar-refractivity contribution is -0.117.